The quantitative estimate of drug-likeness (QED) is 0.774. The highest BCUT2D eigenvalue weighted by atomic mass is 16.5. The first-order valence-corrected chi connectivity index (χ1v) is 5.61. The second-order valence-corrected chi connectivity index (χ2v) is 3.80. The van der Waals surface area contributed by atoms with E-state index in [1.165, 1.54) is 5.56 Å². The van der Waals surface area contributed by atoms with Crippen molar-refractivity contribution in [2.24, 2.45) is 0 Å². The number of rotatable bonds is 6. The van der Waals surface area contributed by atoms with E-state index in [0.717, 1.165) is 13.0 Å². The van der Waals surface area contributed by atoms with E-state index >= 15 is 0 Å². The number of benzene rings is 1. The van der Waals surface area contributed by atoms with Gasteiger partial charge in [0.05, 0.1) is 18.8 Å². The Kier molecular flexibility index (Phi) is 5.37. The average molecular weight is 207 g/mol. The Bertz CT molecular complexity index is 260. The lowest BCUT2D eigenvalue weighted by molar-refractivity contribution is 0.0487. The zero-order valence-corrected chi connectivity index (χ0v) is 9.86. The summed E-state index contributed by atoms with van der Waals surface area (Å²) in [5.41, 5.74) is 1.28. The topological polar surface area (TPSA) is 21.3 Å². The number of ether oxygens (including phenoxy) is 1. The molecule has 0 aliphatic rings. The van der Waals surface area contributed by atoms with Gasteiger partial charge in [0, 0.05) is 0 Å². The molecule has 1 aromatic rings. The molecule has 2 heteroatoms. The van der Waals surface area contributed by atoms with Gasteiger partial charge >= 0.3 is 0 Å². The maximum Gasteiger partial charge on any atom is 0.0664 e. The van der Waals surface area contributed by atoms with Gasteiger partial charge in [-0.15, -0.1) is 0 Å². The molecule has 0 fully saturated rings. The molecule has 1 rings (SSSR count). The molecule has 2 atom stereocenters. The van der Waals surface area contributed by atoms with E-state index in [0.29, 0.717) is 12.1 Å². The highest BCUT2D eigenvalue weighted by molar-refractivity contribution is 5.18. The van der Waals surface area contributed by atoms with Gasteiger partial charge in [-0.05, 0) is 26.0 Å². The normalized spacial score (nSPS) is 14.9. The number of hydrogen-bond acceptors (Lipinski definition) is 2. The van der Waals surface area contributed by atoms with Crippen LogP contribution in [-0.4, -0.2) is 19.8 Å². The van der Waals surface area contributed by atoms with Gasteiger partial charge in [0.2, 0.25) is 0 Å². The molecule has 2 nitrogen and oxygen atoms in total. The Labute approximate surface area is 92.6 Å². The third-order valence-corrected chi connectivity index (χ3v) is 2.67. The molecule has 0 bridgehead atoms. The van der Waals surface area contributed by atoms with Crippen LogP contribution in [0.25, 0.3) is 0 Å². The van der Waals surface area contributed by atoms with Gasteiger partial charge in [0.25, 0.3) is 0 Å². The van der Waals surface area contributed by atoms with E-state index in [1.54, 1.807) is 0 Å². The summed E-state index contributed by atoms with van der Waals surface area (Å²) in [7, 11) is 1.97. The van der Waals surface area contributed by atoms with Gasteiger partial charge in [-0.3, -0.25) is 0 Å². The molecule has 2 unspecified atom stereocenters. The van der Waals surface area contributed by atoms with Gasteiger partial charge < -0.3 is 10.1 Å². The van der Waals surface area contributed by atoms with Crippen LogP contribution in [0, 0.1) is 0 Å². The molecule has 0 heterocycles. The molecule has 0 aliphatic carbocycles. The van der Waals surface area contributed by atoms with Crippen LogP contribution in [0.2, 0.25) is 0 Å². The molecule has 0 spiro atoms. The first kappa shape index (κ1) is 12.2. The Morgan fingerprint density at radius 3 is 2.47 bits per heavy atom. The smallest absolute Gasteiger partial charge is 0.0664 e. The van der Waals surface area contributed by atoms with Crippen molar-refractivity contribution >= 4 is 0 Å². The van der Waals surface area contributed by atoms with Crippen LogP contribution in [0.4, 0.5) is 0 Å². The molecule has 0 radical (unpaired) electrons. The minimum Gasteiger partial charge on any atom is -0.377 e. The SMILES string of the molecule is CCC(C)OCC(NC)c1ccccc1. The minimum absolute atomic E-state index is 0.292. The first-order chi connectivity index (χ1) is 7.27. The summed E-state index contributed by atoms with van der Waals surface area (Å²) in [6, 6.07) is 10.7. The van der Waals surface area contributed by atoms with Crippen molar-refractivity contribution in [3.05, 3.63) is 35.9 Å². The van der Waals surface area contributed by atoms with E-state index in [1.807, 2.05) is 13.1 Å². The predicted octanol–water partition coefficient (Wildman–Crippen LogP) is 2.76. The Balaban J connectivity index is 2.50. The Morgan fingerprint density at radius 1 is 1.27 bits per heavy atom. The molecule has 1 aromatic carbocycles. The molecule has 15 heavy (non-hydrogen) atoms. The second-order valence-electron chi connectivity index (χ2n) is 3.80. The van der Waals surface area contributed by atoms with Crippen LogP contribution in [0.15, 0.2) is 30.3 Å². The fourth-order valence-corrected chi connectivity index (χ4v) is 1.41. The highest BCUT2D eigenvalue weighted by Crippen LogP contribution is 2.13. The Morgan fingerprint density at radius 2 is 1.93 bits per heavy atom. The summed E-state index contributed by atoms with van der Waals surface area (Å²) in [6.45, 7) is 4.98. The van der Waals surface area contributed by atoms with Crippen molar-refractivity contribution in [1.82, 2.24) is 5.32 Å². The zero-order chi connectivity index (χ0) is 11.1. The van der Waals surface area contributed by atoms with E-state index in [-0.39, 0.29) is 0 Å². The van der Waals surface area contributed by atoms with Crippen LogP contribution in [0.1, 0.15) is 31.9 Å². The largest absolute Gasteiger partial charge is 0.377 e. The van der Waals surface area contributed by atoms with Crippen LogP contribution in [0.3, 0.4) is 0 Å². The molecule has 84 valence electrons. The second kappa shape index (κ2) is 6.59. The lowest BCUT2D eigenvalue weighted by Gasteiger charge is -2.19. The van der Waals surface area contributed by atoms with Crippen molar-refractivity contribution in [1.29, 1.82) is 0 Å². The summed E-state index contributed by atoms with van der Waals surface area (Å²) in [6.07, 6.45) is 1.40. The molecule has 0 saturated heterocycles. The summed E-state index contributed by atoms with van der Waals surface area (Å²) < 4.78 is 5.74. The van der Waals surface area contributed by atoms with Crippen LogP contribution in [0.5, 0.6) is 0 Å². The molecule has 1 N–H and O–H groups in total. The fourth-order valence-electron chi connectivity index (χ4n) is 1.41. The van der Waals surface area contributed by atoms with E-state index in [9.17, 15) is 0 Å². The highest BCUT2D eigenvalue weighted by Gasteiger charge is 2.09. The number of nitrogens with one attached hydrogen (secondary N) is 1. The van der Waals surface area contributed by atoms with Crippen molar-refractivity contribution in [2.75, 3.05) is 13.7 Å². The molecule has 0 amide bonds. The number of likely N-dealkylation sites (N-methyl/N-ethyl adjacent to an activating group) is 1. The summed E-state index contributed by atoms with van der Waals surface area (Å²) >= 11 is 0. The lowest BCUT2D eigenvalue weighted by Crippen LogP contribution is -2.24. The third kappa shape index (κ3) is 4.02. The van der Waals surface area contributed by atoms with Gasteiger partial charge in [0.1, 0.15) is 0 Å². The van der Waals surface area contributed by atoms with Crippen molar-refractivity contribution < 1.29 is 4.74 Å². The predicted molar refractivity (Wildman–Crippen MR) is 63.9 cm³/mol. The summed E-state index contributed by atoms with van der Waals surface area (Å²) in [4.78, 5) is 0. The van der Waals surface area contributed by atoms with Gasteiger partial charge in [0.15, 0.2) is 0 Å². The van der Waals surface area contributed by atoms with E-state index < -0.39 is 0 Å². The van der Waals surface area contributed by atoms with Crippen LogP contribution >= 0.6 is 0 Å². The summed E-state index contributed by atoms with van der Waals surface area (Å²) in [5, 5.41) is 3.27. The van der Waals surface area contributed by atoms with Crippen LogP contribution in [-0.2, 0) is 4.74 Å². The van der Waals surface area contributed by atoms with Crippen molar-refractivity contribution in [3.8, 4) is 0 Å². The molecular weight excluding hydrogens is 186 g/mol. The Hall–Kier alpha value is -0.860. The monoisotopic (exact) mass is 207 g/mol. The zero-order valence-electron chi connectivity index (χ0n) is 9.86. The maximum atomic E-state index is 5.74. The first-order valence-electron chi connectivity index (χ1n) is 5.61. The minimum atomic E-state index is 0.292. The molecule has 0 saturated carbocycles. The van der Waals surface area contributed by atoms with Crippen molar-refractivity contribution in [3.63, 3.8) is 0 Å². The van der Waals surface area contributed by atoms with Gasteiger partial charge in [-0.2, -0.15) is 0 Å². The molecule has 0 aliphatic heterocycles. The third-order valence-electron chi connectivity index (χ3n) is 2.67. The lowest BCUT2D eigenvalue weighted by atomic mass is 10.1. The van der Waals surface area contributed by atoms with Crippen LogP contribution < -0.4 is 5.32 Å². The standard InChI is InChI=1S/C13H21NO/c1-4-11(2)15-10-13(14-3)12-8-6-5-7-9-12/h5-9,11,13-14H,4,10H2,1-3H3. The van der Waals surface area contributed by atoms with Crippen molar-refractivity contribution in [2.45, 2.75) is 32.4 Å². The summed E-state index contributed by atoms with van der Waals surface area (Å²) in [5.74, 6) is 0. The fraction of sp³-hybridized carbons (Fsp3) is 0.538. The van der Waals surface area contributed by atoms with Gasteiger partial charge in [-0.25, -0.2) is 0 Å². The molecular formula is C13H21NO. The number of hydrogen-bond donors (Lipinski definition) is 1. The molecule has 0 aromatic heterocycles. The van der Waals surface area contributed by atoms with Gasteiger partial charge in [-0.1, -0.05) is 37.3 Å². The van der Waals surface area contributed by atoms with E-state index in [2.05, 4.69) is 43.4 Å². The van der Waals surface area contributed by atoms with E-state index in [4.69, 9.17) is 4.74 Å². The maximum absolute atomic E-state index is 5.74. The average Bonchev–Trinajstić information content (AvgIpc) is 2.31.